The number of halogens is 2. The molecule has 0 aliphatic rings. The van der Waals surface area contributed by atoms with Crippen molar-refractivity contribution in [2.75, 3.05) is 6.61 Å². The summed E-state index contributed by atoms with van der Waals surface area (Å²) in [6.07, 6.45) is 3.79. The average Bonchev–Trinajstić information content (AvgIpc) is 2.12. The summed E-state index contributed by atoms with van der Waals surface area (Å²) in [4.78, 5) is 0. The molecule has 0 fully saturated rings. The van der Waals surface area contributed by atoms with Crippen molar-refractivity contribution in [3.05, 3.63) is 40.6 Å². The van der Waals surface area contributed by atoms with E-state index < -0.39 is 0 Å². The van der Waals surface area contributed by atoms with Crippen molar-refractivity contribution in [1.82, 2.24) is 0 Å². The number of allylic oxidation sites excluding steroid dienone is 1. The van der Waals surface area contributed by atoms with Gasteiger partial charge in [0.15, 0.2) is 0 Å². The van der Waals surface area contributed by atoms with Crippen LogP contribution in [0.15, 0.2) is 34.8 Å². The van der Waals surface area contributed by atoms with Gasteiger partial charge in [-0.25, -0.2) is 4.39 Å². The van der Waals surface area contributed by atoms with E-state index in [2.05, 4.69) is 15.9 Å². The van der Waals surface area contributed by atoms with Gasteiger partial charge >= 0.3 is 0 Å². The minimum absolute atomic E-state index is 0.279. The molecule has 1 aromatic carbocycles. The molecule has 0 atom stereocenters. The van der Waals surface area contributed by atoms with Gasteiger partial charge in [-0.2, -0.15) is 0 Å². The second-order valence-corrected chi connectivity index (χ2v) is 3.31. The van der Waals surface area contributed by atoms with Crippen LogP contribution in [-0.2, 0) is 0 Å². The van der Waals surface area contributed by atoms with Gasteiger partial charge in [0.2, 0.25) is 0 Å². The lowest BCUT2D eigenvalue weighted by Crippen LogP contribution is -1.93. The summed E-state index contributed by atoms with van der Waals surface area (Å²) in [5, 5.41) is 0. The van der Waals surface area contributed by atoms with Crippen LogP contribution in [0, 0.1) is 5.82 Å². The monoisotopic (exact) mass is 244 g/mol. The van der Waals surface area contributed by atoms with Crippen molar-refractivity contribution in [3.63, 3.8) is 0 Å². The average molecular weight is 245 g/mol. The first kappa shape index (κ1) is 10.3. The molecule has 0 saturated carbocycles. The minimum Gasteiger partial charge on any atom is -0.490 e. The van der Waals surface area contributed by atoms with Gasteiger partial charge in [0.05, 0.1) is 4.47 Å². The third kappa shape index (κ3) is 3.19. The number of ether oxygens (including phenoxy) is 1. The van der Waals surface area contributed by atoms with Gasteiger partial charge in [-0.1, -0.05) is 12.2 Å². The summed E-state index contributed by atoms with van der Waals surface area (Å²) < 4.78 is 18.5. The van der Waals surface area contributed by atoms with E-state index in [0.717, 1.165) is 0 Å². The van der Waals surface area contributed by atoms with Gasteiger partial charge in [0.1, 0.15) is 18.2 Å². The summed E-state index contributed by atoms with van der Waals surface area (Å²) in [6.45, 7) is 2.43. The Hall–Kier alpha value is -0.830. The van der Waals surface area contributed by atoms with Crippen LogP contribution in [-0.4, -0.2) is 6.61 Å². The molecule has 1 aromatic rings. The summed E-state index contributed by atoms with van der Waals surface area (Å²) >= 11 is 3.08. The van der Waals surface area contributed by atoms with Crippen molar-refractivity contribution in [1.29, 1.82) is 0 Å². The third-order valence-corrected chi connectivity index (χ3v) is 2.08. The Balaban J connectivity index is 2.63. The van der Waals surface area contributed by atoms with E-state index in [1.54, 1.807) is 12.1 Å². The molecule has 0 amide bonds. The van der Waals surface area contributed by atoms with Gasteiger partial charge < -0.3 is 4.74 Å². The summed E-state index contributed by atoms with van der Waals surface area (Å²) in [5.41, 5.74) is 0. The maximum atomic E-state index is 12.8. The van der Waals surface area contributed by atoms with E-state index in [0.29, 0.717) is 16.8 Å². The molecular formula is C10H10BrFO. The molecule has 0 spiro atoms. The Morgan fingerprint density at radius 2 is 2.31 bits per heavy atom. The summed E-state index contributed by atoms with van der Waals surface area (Å²) in [6, 6.07) is 4.58. The van der Waals surface area contributed by atoms with Crippen LogP contribution in [0.3, 0.4) is 0 Å². The van der Waals surface area contributed by atoms with Crippen LogP contribution in [0.2, 0.25) is 0 Å². The first-order valence-corrected chi connectivity index (χ1v) is 4.72. The highest BCUT2D eigenvalue weighted by Crippen LogP contribution is 2.21. The second kappa shape index (κ2) is 5.02. The summed E-state index contributed by atoms with van der Waals surface area (Å²) in [5.74, 6) is 0.379. The smallest absolute Gasteiger partial charge is 0.137 e. The summed E-state index contributed by atoms with van der Waals surface area (Å²) in [7, 11) is 0. The highest BCUT2D eigenvalue weighted by Gasteiger charge is 1.99. The molecular weight excluding hydrogens is 235 g/mol. The fourth-order valence-electron chi connectivity index (χ4n) is 0.807. The number of hydrogen-bond donors (Lipinski definition) is 0. The molecule has 0 N–H and O–H groups in total. The van der Waals surface area contributed by atoms with Crippen LogP contribution in [0.5, 0.6) is 5.75 Å². The van der Waals surface area contributed by atoms with E-state index >= 15 is 0 Å². The molecule has 0 unspecified atom stereocenters. The Labute approximate surface area is 85.3 Å². The number of benzene rings is 1. The molecule has 0 radical (unpaired) electrons. The van der Waals surface area contributed by atoms with Crippen LogP contribution in [0.1, 0.15) is 6.92 Å². The fraction of sp³-hybridized carbons (Fsp3) is 0.200. The van der Waals surface area contributed by atoms with Gasteiger partial charge in [-0.15, -0.1) is 0 Å². The van der Waals surface area contributed by atoms with Crippen molar-refractivity contribution in [2.24, 2.45) is 0 Å². The molecule has 1 rings (SSSR count). The highest BCUT2D eigenvalue weighted by atomic mass is 79.9. The fourth-order valence-corrected chi connectivity index (χ4v) is 1.16. The molecule has 1 nitrogen and oxygen atoms in total. The largest absolute Gasteiger partial charge is 0.490 e. The number of hydrogen-bond acceptors (Lipinski definition) is 1. The molecule has 0 heterocycles. The van der Waals surface area contributed by atoms with Crippen LogP contribution >= 0.6 is 15.9 Å². The second-order valence-electron chi connectivity index (χ2n) is 2.46. The van der Waals surface area contributed by atoms with Crippen LogP contribution < -0.4 is 4.74 Å². The van der Waals surface area contributed by atoms with E-state index in [-0.39, 0.29) is 5.82 Å². The maximum absolute atomic E-state index is 12.8. The minimum atomic E-state index is -0.279. The molecule has 0 bridgehead atoms. The lowest BCUT2D eigenvalue weighted by atomic mass is 10.3. The zero-order valence-electron chi connectivity index (χ0n) is 7.26. The van der Waals surface area contributed by atoms with Crippen molar-refractivity contribution < 1.29 is 9.13 Å². The lowest BCUT2D eigenvalue weighted by Gasteiger charge is -2.03. The third-order valence-electron chi connectivity index (χ3n) is 1.47. The Bertz CT molecular complexity index is 310. The highest BCUT2D eigenvalue weighted by molar-refractivity contribution is 9.10. The molecule has 0 aliphatic carbocycles. The molecule has 13 heavy (non-hydrogen) atoms. The Kier molecular flexibility index (Phi) is 3.96. The van der Waals surface area contributed by atoms with E-state index in [4.69, 9.17) is 4.74 Å². The molecule has 0 saturated heterocycles. The number of rotatable bonds is 3. The molecule has 0 aromatic heterocycles. The van der Waals surface area contributed by atoms with Crippen molar-refractivity contribution >= 4 is 15.9 Å². The van der Waals surface area contributed by atoms with Gasteiger partial charge in [0, 0.05) is 0 Å². The van der Waals surface area contributed by atoms with Gasteiger partial charge in [0.25, 0.3) is 0 Å². The normalized spacial score (nSPS) is 10.7. The topological polar surface area (TPSA) is 9.23 Å². The Morgan fingerprint density at radius 1 is 1.54 bits per heavy atom. The standard InChI is InChI=1S/C10H10BrFO/c1-2-3-6-13-8-4-5-10(12)9(11)7-8/h2-5,7H,6H2,1H3/b3-2+. The van der Waals surface area contributed by atoms with E-state index in [1.165, 1.54) is 6.07 Å². The quantitative estimate of drug-likeness (QED) is 0.740. The molecule has 0 aliphatic heterocycles. The predicted molar refractivity (Wildman–Crippen MR) is 54.4 cm³/mol. The van der Waals surface area contributed by atoms with Crippen LogP contribution in [0.4, 0.5) is 4.39 Å². The van der Waals surface area contributed by atoms with Gasteiger partial charge in [-0.3, -0.25) is 0 Å². The van der Waals surface area contributed by atoms with Crippen molar-refractivity contribution in [2.45, 2.75) is 6.92 Å². The zero-order chi connectivity index (χ0) is 9.68. The first-order valence-electron chi connectivity index (χ1n) is 3.93. The lowest BCUT2D eigenvalue weighted by molar-refractivity contribution is 0.361. The Morgan fingerprint density at radius 3 is 2.92 bits per heavy atom. The zero-order valence-corrected chi connectivity index (χ0v) is 8.84. The predicted octanol–water partition coefficient (Wildman–Crippen LogP) is 3.54. The molecule has 70 valence electrons. The maximum Gasteiger partial charge on any atom is 0.137 e. The SMILES string of the molecule is C/C=C/COc1ccc(F)c(Br)c1. The van der Waals surface area contributed by atoms with Crippen LogP contribution in [0.25, 0.3) is 0 Å². The molecule has 3 heteroatoms. The van der Waals surface area contributed by atoms with E-state index in [1.807, 2.05) is 19.1 Å². The van der Waals surface area contributed by atoms with Crippen molar-refractivity contribution in [3.8, 4) is 5.75 Å². The van der Waals surface area contributed by atoms with Gasteiger partial charge in [-0.05, 0) is 41.1 Å². The first-order chi connectivity index (χ1) is 6.24. The van der Waals surface area contributed by atoms with E-state index in [9.17, 15) is 4.39 Å².